The molecule has 1 aliphatic rings. The fraction of sp³-hybridized carbons (Fsp3) is 0.455. The van der Waals surface area contributed by atoms with E-state index < -0.39 is 10.2 Å². The lowest BCUT2D eigenvalue weighted by molar-refractivity contribution is 0.328. The summed E-state index contributed by atoms with van der Waals surface area (Å²) in [5.74, 6) is 0.590. The summed E-state index contributed by atoms with van der Waals surface area (Å²) in [5.41, 5.74) is 5.80. The minimum atomic E-state index is -3.49. The molecular weight excluding hydrogens is 254 g/mol. The minimum absolute atomic E-state index is 0.0826. The molecule has 4 N–H and O–H groups in total. The molecule has 18 heavy (non-hydrogen) atoms. The second kappa shape index (κ2) is 5.55. The van der Waals surface area contributed by atoms with Crippen LogP contribution in [0.4, 0.5) is 5.69 Å². The normalized spacial score (nSPS) is 15.4. The maximum absolute atomic E-state index is 11.7. The Labute approximate surface area is 107 Å². The first-order valence-electron chi connectivity index (χ1n) is 5.82. The molecule has 7 heteroatoms. The molecule has 0 atom stereocenters. The van der Waals surface area contributed by atoms with Gasteiger partial charge in [0.1, 0.15) is 12.4 Å². The number of hydrogen-bond acceptors (Lipinski definition) is 4. The van der Waals surface area contributed by atoms with E-state index in [1.54, 1.807) is 24.3 Å². The lowest BCUT2D eigenvalue weighted by atomic mass is 10.3. The van der Waals surface area contributed by atoms with Gasteiger partial charge in [-0.3, -0.25) is 4.72 Å². The minimum Gasteiger partial charge on any atom is -0.492 e. The molecule has 2 rings (SSSR count). The molecule has 1 aromatic rings. The highest BCUT2D eigenvalue weighted by Crippen LogP contribution is 2.21. The van der Waals surface area contributed by atoms with Crippen molar-refractivity contribution in [2.75, 3.05) is 17.9 Å². The molecule has 1 fully saturated rings. The first kappa shape index (κ1) is 13.1. The summed E-state index contributed by atoms with van der Waals surface area (Å²) in [4.78, 5) is 0. The third-order valence-electron chi connectivity index (χ3n) is 2.37. The molecule has 0 aliphatic heterocycles. The van der Waals surface area contributed by atoms with Gasteiger partial charge in [0.15, 0.2) is 0 Å². The van der Waals surface area contributed by atoms with Crippen LogP contribution >= 0.6 is 0 Å². The zero-order valence-electron chi connectivity index (χ0n) is 9.93. The van der Waals surface area contributed by atoms with Crippen LogP contribution in [0.3, 0.4) is 0 Å². The molecular formula is C11H17N3O3S. The first-order chi connectivity index (χ1) is 8.59. The van der Waals surface area contributed by atoms with Crippen molar-refractivity contribution in [1.29, 1.82) is 0 Å². The van der Waals surface area contributed by atoms with E-state index in [1.807, 2.05) is 0 Å². The molecule has 1 aliphatic carbocycles. The molecule has 1 saturated carbocycles. The molecule has 0 spiro atoms. The van der Waals surface area contributed by atoms with E-state index in [9.17, 15) is 8.42 Å². The topological polar surface area (TPSA) is 93.4 Å². The summed E-state index contributed by atoms with van der Waals surface area (Å²) in [5, 5.41) is 0. The van der Waals surface area contributed by atoms with Gasteiger partial charge in [0.05, 0.1) is 5.69 Å². The largest absolute Gasteiger partial charge is 0.492 e. The van der Waals surface area contributed by atoms with Crippen molar-refractivity contribution < 1.29 is 13.2 Å². The number of hydrogen-bond donors (Lipinski definition) is 3. The third kappa shape index (κ3) is 4.17. The quantitative estimate of drug-likeness (QED) is 0.670. The molecule has 0 radical (unpaired) electrons. The van der Waals surface area contributed by atoms with Crippen molar-refractivity contribution in [3.8, 4) is 5.75 Å². The number of rotatable bonds is 7. The number of nitrogens with one attached hydrogen (secondary N) is 2. The zero-order valence-corrected chi connectivity index (χ0v) is 10.7. The van der Waals surface area contributed by atoms with Gasteiger partial charge in [0.25, 0.3) is 10.2 Å². The maximum atomic E-state index is 11.7. The fourth-order valence-electron chi connectivity index (χ4n) is 1.43. The SMILES string of the molecule is NCCOc1cccc(NS(=O)(=O)NC2CC2)c1. The summed E-state index contributed by atoms with van der Waals surface area (Å²) in [7, 11) is -3.49. The Kier molecular flexibility index (Phi) is 4.05. The Hall–Kier alpha value is -1.31. The smallest absolute Gasteiger partial charge is 0.299 e. The van der Waals surface area contributed by atoms with Crippen molar-refractivity contribution in [2.24, 2.45) is 5.73 Å². The van der Waals surface area contributed by atoms with Gasteiger partial charge >= 0.3 is 0 Å². The van der Waals surface area contributed by atoms with E-state index in [0.717, 1.165) is 12.8 Å². The van der Waals surface area contributed by atoms with Gasteiger partial charge < -0.3 is 10.5 Å². The van der Waals surface area contributed by atoms with E-state index in [0.29, 0.717) is 24.6 Å². The lowest BCUT2D eigenvalue weighted by Crippen LogP contribution is -2.31. The van der Waals surface area contributed by atoms with E-state index in [1.165, 1.54) is 0 Å². The molecule has 100 valence electrons. The van der Waals surface area contributed by atoms with Crippen LogP contribution in [0.5, 0.6) is 5.75 Å². The highest BCUT2D eigenvalue weighted by Gasteiger charge is 2.26. The van der Waals surface area contributed by atoms with E-state index in [2.05, 4.69) is 9.44 Å². The predicted octanol–water partition coefficient (Wildman–Crippen LogP) is 0.433. The second-order valence-corrected chi connectivity index (χ2v) is 5.61. The summed E-state index contributed by atoms with van der Waals surface area (Å²) in [6, 6.07) is 6.85. The predicted molar refractivity (Wildman–Crippen MR) is 69.7 cm³/mol. The van der Waals surface area contributed by atoms with Crippen molar-refractivity contribution in [1.82, 2.24) is 4.72 Å². The molecule has 0 bridgehead atoms. The molecule has 0 saturated heterocycles. The van der Waals surface area contributed by atoms with Crippen LogP contribution in [0.15, 0.2) is 24.3 Å². The highest BCUT2D eigenvalue weighted by atomic mass is 32.2. The van der Waals surface area contributed by atoms with Crippen LogP contribution < -0.4 is 19.9 Å². The number of anilines is 1. The Morgan fingerprint density at radius 1 is 1.39 bits per heavy atom. The summed E-state index contributed by atoms with van der Waals surface area (Å²) in [6.45, 7) is 0.815. The summed E-state index contributed by atoms with van der Waals surface area (Å²) in [6.07, 6.45) is 1.81. The van der Waals surface area contributed by atoms with Crippen molar-refractivity contribution in [2.45, 2.75) is 18.9 Å². The van der Waals surface area contributed by atoms with Crippen LogP contribution in [-0.2, 0) is 10.2 Å². The molecule has 0 amide bonds. The molecule has 0 unspecified atom stereocenters. The van der Waals surface area contributed by atoms with Crippen molar-refractivity contribution in [3.05, 3.63) is 24.3 Å². The maximum Gasteiger partial charge on any atom is 0.299 e. The van der Waals surface area contributed by atoms with Crippen LogP contribution in [0.25, 0.3) is 0 Å². The van der Waals surface area contributed by atoms with Gasteiger partial charge in [-0.1, -0.05) is 6.07 Å². The van der Waals surface area contributed by atoms with Crippen LogP contribution in [0.1, 0.15) is 12.8 Å². The molecule has 1 aromatic carbocycles. The molecule has 6 nitrogen and oxygen atoms in total. The number of ether oxygens (including phenoxy) is 1. The number of nitrogens with two attached hydrogens (primary N) is 1. The second-order valence-electron chi connectivity index (χ2n) is 4.16. The highest BCUT2D eigenvalue weighted by molar-refractivity contribution is 7.90. The Morgan fingerprint density at radius 2 is 2.17 bits per heavy atom. The van der Waals surface area contributed by atoms with E-state index in [-0.39, 0.29) is 6.04 Å². The monoisotopic (exact) mass is 271 g/mol. The lowest BCUT2D eigenvalue weighted by Gasteiger charge is -2.10. The first-order valence-corrected chi connectivity index (χ1v) is 7.30. The molecule has 0 aromatic heterocycles. The van der Waals surface area contributed by atoms with Crippen LogP contribution in [0, 0.1) is 0 Å². The van der Waals surface area contributed by atoms with Gasteiger partial charge in [-0.2, -0.15) is 13.1 Å². The summed E-state index contributed by atoms with van der Waals surface area (Å²) >= 11 is 0. The van der Waals surface area contributed by atoms with Crippen molar-refractivity contribution >= 4 is 15.9 Å². The van der Waals surface area contributed by atoms with Crippen LogP contribution in [-0.4, -0.2) is 27.6 Å². The fourth-order valence-corrected chi connectivity index (χ4v) is 2.60. The Bertz CT molecular complexity index is 500. The van der Waals surface area contributed by atoms with Gasteiger partial charge in [-0.05, 0) is 25.0 Å². The van der Waals surface area contributed by atoms with Gasteiger partial charge in [-0.25, -0.2) is 0 Å². The Balaban J connectivity index is 1.99. The van der Waals surface area contributed by atoms with Gasteiger partial charge in [-0.15, -0.1) is 0 Å². The van der Waals surface area contributed by atoms with Crippen LogP contribution in [0.2, 0.25) is 0 Å². The Morgan fingerprint density at radius 3 is 2.83 bits per heavy atom. The summed E-state index contributed by atoms with van der Waals surface area (Å²) < 4.78 is 33.7. The standard InChI is InChI=1S/C11H17N3O3S/c12-6-7-17-11-3-1-2-10(8-11)14-18(15,16)13-9-4-5-9/h1-3,8-9,13-14H,4-7,12H2. The van der Waals surface area contributed by atoms with Gasteiger partial charge in [0.2, 0.25) is 0 Å². The third-order valence-corrected chi connectivity index (χ3v) is 3.52. The number of benzene rings is 1. The molecule has 0 heterocycles. The van der Waals surface area contributed by atoms with E-state index in [4.69, 9.17) is 10.5 Å². The zero-order chi connectivity index (χ0) is 13.0. The average molecular weight is 271 g/mol. The van der Waals surface area contributed by atoms with Crippen molar-refractivity contribution in [3.63, 3.8) is 0 Å². The van der Waals surface area contributed by atoms with Gasteiger partial charge in [0, 0.05) is 18.7 Å². The average Bonchev–Trinajstić information content (AvgIpc) is 3.09. The van der Waals surface area contributed by atoms with E-state index >= 15 is 0 Å².